The van der Waals surface area contributed by atoms with Gasteiger partial charge in [-0.1, -0.05) is 41.9 Å². The van der Waals surface area contributed by atoms with Gasteiger partial charge in [-0.2, -0.15) is 0 Å². The number of ether oxygens (including phenoxy) is 2. The molecule has 0 aliphatic carbocycles. The predicted octanol–water partition coefficient (Wildman–Crippen LogP) is 6.82. The fourth-order valence-corrected chi connectivity index (χ4v) is 5.57. The van der Waals surface area contributed by atoms with Crippen LogP contribution in [0.3, 0.4) is 0 Å². The van der Waals surface area contributed by atoms with Crippen molar-refractivity contribution in [1.82, 2.24) is 4.90 Å². The Labute approximate surface area is 243 Å². The van der Waals surface area contributed by atoms with Crippen molar-refractivity contribution >= 4 is 74.8 Å². The second-order valence-electron chi connectivity index (χ2n) is 8.53. The Morgan fingerprint density at radius 1 is 1.11 bits per heavy atom. The Hall–Kier alpha value is -3.02. The van der Waals surface area contributed by atoms with Crippen LogP contribution >= 0.6 is 46.0 Å². The molecular formula is C28H24ClIN2O5S. The van der Waals surface area contributed by atoms with Gasteiger partial charge in [0.15, 0.2) is 11.5 Å². The molecule has 0 unspecified atom stereocenters. The molecule has 1 aliphatic heterocycles. The van der Waals surface area contributed by atoms with Crippen molar-refractivity contribution in [3.05, 3.63) is 90.3 Å². The number of methoxy groups -OCH3 is 1. The molecule has 0 spiro atoms. The Kier molecular flexibility index (Phi) is 9.01. The second kappa shape index (κ2) is 12.2. The van der Waals surface area contributed by atoms with Crippen molar-refractivity contribution in [1.29, 1.82) is 0 Å². The second-order valence-corrected chi connectivity index (χ2v) is 11.1. The number of nitrogens with zero attached hydrogens (tertiary/aromatic N) is 1. The summed E-state index contributed by atoms with van der Waals surface area (Å²) >= 11 is 8.88. The number of para-hydroxylation sites is 1. The highest BCUT2D eigenvalue weighted by atomic mass is 127. The van der Waals surface area contributed by atoms with E-state index in [0.29, 0.717) is 34.4 Å². The topological polar surface area (TPSA) is 84.9 Å². The predicted molar refractivity (Wildman–Crippen MR) is 159 cm³/mol. The fraction of sp³-hybridized carbons (Fsp3) is 0.179. The van der Waals surface area contributed by atoms with Gasteiger partial charge >= 0.3 is 0 Å². The number of hydrogen-bond donors (Lipinski definition) is 1. The van der Waals surface area contributed by atoms with E-state index >= 15 is 0 Å². The lowest BCUT2D eigenvalue weighted by molar-refractivity contribution is -0.127. The van der Waals surface area contributed by atoms with Crippen molar-refractivity contribution < 1.29 is 23.9 Å². The van der Waals surface area contributed by atoms with Crippen molar-refractivity contribution in [2.75, 3.05) is 19.0 Å². The highest BCUT2D eigenvalue weighted by molar-refractivity contribution is 14.1. The van der Waals surface area contributed by atoms with Crippen molar-refractivity contribution in [3.8, 4) is 11.5 Å². The molecule has 0 atom stereocenters. The normalized spacial score (nSPS) is 14.2. The van der Waals surface area contributed by atoms with Crippen molar-refractivity contribution in [2.24, 2.45) is 0 Å². The van der Waals surface area contributed by atoms with E-state index in [9.17, 15) is 14.4 Å². The summed E-state index contributed by atoms with van der Waals surface area (Å²) in [5, 5.41) is 2.97. The summed E-state index contributed by atoms with van der Waals surface area (Å²) in [6, 6.07) is 16.6. The quantitative estimate of drug-likeness (QED) is 0.211. The van der Waals surface area contributed by atoms with Crippen LogP contribution in [0.25, 0.3) is 6.08 Å². The molecule has 0 radical (unpaired) electrons. The smallest absolute Gasteiger partial charge is 0.294 e. The summed E-state index contributed by atoms with van der Waals surface area (Å²) in [5.74, 6) is 0.0962. The Morgan fingerprint density at radius 3 is 2.45 bits per heavy atom. The molecule has 3 aromatic rings. The van der Waals surface area contributed by atoms with E-state index in [1.165, 1.54) is 7.11 Å². The number of benzene rings is 3. The van der Waals surface area contributed by atoms with E-state index in [-0.39, 0.29) is 11.4 Å². The van der Waals surface area contributed by atoms with Gasteiger partial charge in [0.2, 0.25) is 5.91 Å². The first kappa shape index (κ1) is 28.0. The standard InChI is InChI=1S/C28H24ClIN2O5S/c1-16-5-4-6-17(2)25(16)31-24(33)14-32-27(34)23(38-28(32)35)13-19-11-21(30)26(22(12-19)36-3)37-15-18-7-9-20(29)10-8-18/h4-13H,14-15H2,1-3H3,(H,31,33)/b23-13+. The number of carbonyl (C=O) groups is 3. The maximum absolute atomic E-state index is 13.0. The van der Waals surface area contributed by atoms with Crippen LogP contribution in [-0.4, -0.2) is 35.6 Å². The number of carbonyl (C=O) groups excluding carboxylic acids is 3. The van der Waals surface area contributed by atoms with Gasteiger partial charge in [-0.15, -0.1) is 0 Å². The molecule has 7 nitrogen and oxygen atoms in total. The lowest BCUT2D eigenvalue weighted by atomic mass is 10.1. The Balaban J connectivity index is 1.48. The van der Waals surface area contributed by atoms with Crippen LogP contribution in [0.4, 0.5) is 10.5 Å². The molecule has 0 saturated carbocycles. The van der Waals surface area contributed by atoms with E-state index < -0.39 is 17.1 Å². The van der Waals surface area contributed by atoms with Gasteiger partial charge in [0.25, 0.3) is 11.1 Å². The maximum atomic E-state index is 13.0. The highest BCUT2D eigenvalue weighted by Gasteiger charge is 2.36. The molecule has 196 valence electrons. The van der Waals surface area contributed by atoms with Crippen LogP contribution in [0.5, 0.6) is 11.5 Å². The molecule has 0 bridgehead atoms. The third-order valence-corrected chi connectivity index (χ3v) is 7.73. The van der Waals surface area contributed by atoms with E-state index in [1.807, 2.05) is 50.2 Å². The molecule has 1 N–H and O–H groups in total. The molecule has 1 fully saturated rings. The average molecular weight is 663 g/mol. The molecular weight excluding hydrogens is 639 g/mol. The Morgan fingerprint density at radius 2 is 1.79 bits per heavy atom. The number of aryl methyl sites for hydroxylation is 2. The first-order valence-electron chi connectivity index (χ1n) is 11.5. The van der Waals surface area contributed by atoms with Crippen LogP contribution in [-0.2, 0) is 16.2 Å². The zero-order chi connectivity index (χ0) is 27.4. The minimum absolute atomic E-state index is 0.225. The first-order valence-corrected chi connectivity index (χ1v) is 13.8. The fourth-order valence-electron chi connectivity index (χ4n) is 3.82. The molecule has 38 heavy (non-hydrogen) atoms. The molecule has 1 aliphatic rings. The van der Waals surface area contributed by atoms with E-state index in [0.717, 1.165) is 36.9 Å². The van der Waals surface area contributed by atoms with E-state index in [1.54, 1.807) is 24.3 Å². The highest BCUT2D eigenvalue weighted by Crippen LogP contribution is 2.37. The van der Waals surface area contributed by atoms with E-state index in [4.69, 9.17) is 21.1 Å². The summed E-state index contributed by atoms with van der Waals surface area (Å²) in [6.45, 7) is 3.73. The van der Waals surface area contributed by atoms with Gasteiger partial charge in [-0.3, -0.25) is 19.3 Å². The zero-order valence-corrected chi connectivity index (χ0v) is 24.6. The van der Waals surface area contributed by atoms with E-state index in [2.05, 4.69) is 27.9 Å². The lowest BCUT2D eigenvalue weighted by Crippen LogP contribution is -2.36. The van der Waals surface area contributed by atoms with Gasteiger partial charge in [-0.25, -0.2) is 0 Å². The number of rotatable bonds is 8. The summed E-state index contributed by atoms with van der Waals surface area (Å²) in [4.78, 5) is 39.4. The number of anilines is 1. The van der Waals surface area contributed by atoms with Gasteiger partial charge < -0.3 is 14.8 Å². The van der Waals surface area contributed by atoms with Gasteiger partial charge in [0.1, 0.15) is 13.2 Å². The maximum Gasteiger partial charge on any atom is 0.294 e. The number of imide groups is 1. The third-order valence-electron chi connectivity index (χ3n) is 5.77. The van der Waals surface area contributed by atoms with Crippen LogP contribution in [0, 0.1) is 17.4 Å². The number of thioether (sulfide) groups is 1. The number of nitrogens with one attached hydrogen (secondary N) is 1. The van der Waals surface area contributed by atoms with Gasteiger partial charge in [0, 0.05) is 10.7 Å². The first-order chi connectivity index (χ1) is 18.2. The monoisotopic (exact) mass is 662 g/mol. The van der Waals surface area contributed by atoms with Crippen molar-refractivity contribution in [3.63, 3.8) is 0 Å². The van der Waals surface area contributed by atoms with Crippen LogP contribution in [0.2, 0.25) is 5.02 Å². The summed E-state index contributed by atoms with van der Waals surface area (Å²) in [6.07, 6.45) is 1.61. The number of hydrogen-bond acceptors (Lipinski definition) is 6. The van der Waals surface area contributed by atoms with Crippen LogP contribution in [0.1, 0.15) is 22.3 Å². The van der Waals surface area contributed by atoms with Crippen LogP contribution in [0.15, 0.2) is 59.5 Å². The summed E-state index contributed by atoms with van der Waals surface area (Å²) in [5.41, 5.74) is 4.09. The van der Waals surface area contributed by atoms with Gasteiger partial charge in [0.05, 0.1) is 15.6 Å². The van der Waals surface area contributed by atoms with Crippen LogP contribution < -0.4 is 14.8 Å². The molecule has 1 saturated heterocycles. The molecule has 0 aromatic heterocycles. The third kappa shape index (κ3) is 6.51. The number of amides is 3. The number of halogens is 2. The molecule has 1 heterocycles. The van der Waals surface area contributed by atoms with Crippen molar-refractivity contribution in [2.45, 2.75) is 20.5 Å². The average Bonchev–Trinajstić information content (AvgIpc) is 3.13. The van der Waals surface area contributed by atoms with Gasteiger partial charge in [-0.05, 0) is 101 Å². The SMILES string of the molecule is COc1cc(/C=C2/SC(=O)N(CC(=O)Nc3c(C)cccc3C)C2=O)cc(I)c1OCc1ccc(Cl)cc1. The molecule has 3 aromatic carbocycles. The minimum Gasteiger partial charge on any atom is -0.493 e. The molecule has 10 heteroatoms. The zero-order valence-electron chi connectivity index (χ0n) is 20.8. The minimum atomic E-state index is -0.520. The Bertz CT molecular complexity index is 1420. The lowest BCUT2D eigenvalue weighted by Gasteiger charge is -2.15. The summed E-state index contributed by atoms with van der Waals surface area (Å²) < 4.78 is 12.3. The summed E-state index contributed by atoms with van der Waals surface area (Å²) in [7, 11) is 1.53. The molecule has 4 rings (SSSR count). The molecule has 3 amide bonds. The largest absolute Gasteiger partial charge is 0.493 e.